The average molecular weight is 118 g/mol. The standard InChI is InChI=1S/C4H6ClN2/c1-7-4(5)2-3-6-7/h2-3,6H,1H3. The lowest BCUT2D eigenvalue weighted by Crippen LogP contribution is -2.23. The van der Waals surface area contributed by atoms with E-state index in [1.165, 1.54) is 0 Å². The number of hydrazine groups is 1. The van der Waals surface area contributed by atoms with Gasteiger partial charge in [0.1, 0.15) is 5.16 Å². The molecule has 0 aliphatic carbocycles. The largest absolute Gasteiger partial charge is 0.301 e. The minimum Gasteiger partial charge on any atom is -0.301 e. The van der Waals surface area contributed by atoms with E-state index < -0.39 is 0 Å². The zero-order valence-corrected chi connectivity index (χ0v) is 4.74. The molecule has 0 spiro atoms. The van der Waals surface area contributed by atoms with Gasteiger partial charge in [-0.25, -0.2) is 5.43 Å². The maximum absolute atomic E-state index is 5.56. The minimum atomic E-state index is 0.722. The van der Waals surface area contributed by atoms with Crippen LogP contribution in [-0.2, 0) is 0 Å². The van der Waals surface area contributed by atoms with Gasteiger partial charge in [-0.1, -0.05) is 11.6 Å². The van der Waals surface area contributed by atoms with E-state index in [9.17, 15) is 0 Å². The van der Waals surface area contributed by atoms with E-state index >= 15 is 0 Å². The predicted molar refractivity (Wildman–Crippen MR) is 29.1 cm³/mol. The maximum atomic E-state index is 5.56. The normalized spacial score (nSPS) is 20.3. The summed E-state index contributed by atoms with van der Waals surface area (Å²) in [7, 11) is 1.85. The Morgan fingerprint density at radius 2 is 2.57 bits per heavy atom. The van der Waals surface area contributed by atoms with Gasteiger partial charge in [-0.15, -0.1) is 0 Å². The van der Waals surface area contributed by atoms with Crippen molar-refractivity contribution in [1.29, 1.82) is 0 Å². The molecule has 1 heterocycles. The van der Waals surface area contributed by atoms with Gasteiger partial charge < -0.3 is 5.01 Å². The number of rotatable bonds is 0. The van der Waals surface area contributed by atoms with Crippen LogP contribution in [-0.4, -0.2) is 12.1 Å². The molecule has 0 amide bonds. The van der Waals surface area contributed by atoms with Gasteiger partial charge in [-0.2, -0.15) is 0 Å². The molecule has 0 bridgehead atoms. The third kappa shape index (κ3) is 0.868. The van der Waals surface area contributed by atoms with Gasteiger partial charge in [-0.3, -0.25) is 0 Å². The van der Waals surface area contributed by atoms with E-state index in [0.29, 0.717) is 0 Å². The lowest BCUT2D eigenvalue weighted by atomic mass is 10.6. The van der Waals surface area contributed by atoms with Crippen molar-refractivity contribution >= 4 is 11.6 Å². The van der Waals surface area contributed by atoms with E-state index in [4.69, 9.17) is 11.6 Å². The Bertz CT molecular complexity index is 99.9. The number of nitrogens with one attached hydrogen (secondary N) is 1. The summed E-state index contributed by atoms with van der Waals surface area (Å²) in [5.74, 6) is 0. The number of hydrogen-bond donors (Lipinski definition) is 1. The Morgan fingerprint density at radius 1 is 1.86 bits per heavy atom. The summed E-state index contributed by atoms with van der Waals surface area (Å²) < 4.78 is 0. The fourth-order valence-corrected chi connectivity index (χ4v) is 0.503. The van der Waals surface area contributed by atoms with Crippen molar-refractivity contribution in [2.75, 3.05) is 7.05 Å². The van der Waals surface area contributed by atoms with E-state index in [1.54, 1.807) is 17.6 Å². The Balaban J connectivity index is 2.54. The molecule has 1 aliphatic rings. The molecule has 0 aromatic rings. The second kappa shape index (κ2) is 1.72. The first kappa shape index (κ1) is 4.94. The molecule has 2 nitrogen and oxygen atoms in total. The predicted octanol–water partition coefficient (Wildman–Crippen LogP) is 0.678. The summed E-state index contributed by atoms with van der Waals surface area (Å²) >= 11 is 5.56. The molecule has 1 N–H and O–H groups in total. The molecule has 39 valence electrons. The van der Waals surface area contributed by atoms with Crippen LogP contribution in [0.5, 0.6) is 0 Å². The number of nitrogens with zero attached hydrogens (tertiary/aromatic N) is 1. The highest BCUT2D eigenvalue weighted by Crippen LogP contribution is 2.09. The van der Waals surface area contributed by atoms with Gasteiger partial charge >= 0.3 is 0 Å². The van der Waals surface area contributed by atoms with Gasteiger partial charge in [0, 0.05) is 7.05 Å². The fraction of sp³-hybridized carbons (Fsp3) is 0.250. The van der Waals surface area contributed by atoms with Gasteiger partial charge in [0.05, 0.1) is 6.54 Å². The summed E-state index contributed by atoms with van der Waals surface area (Å²) in [6.07, 6.45) is 1.79. The summed E-state index contributed by atoms with van der Waals surface area (Å²) in [6.45, 7) is 1.78. The van der Waals surface area contributed by atoms with E-state index in [0.717, 1.165) is 5.16 Å². The molecule has 1 rings (SSSR count). The van der Waals surface area contributed by atoms with Crippen LogP contribution < -0.4 is 5.43 Å². The van der Waals surface area contributed by atoms with Gasteiger partial charge in [0.25, 0.3) is 0 Å². The van der Waals surface area contributed by atoms with Gasteiger partial charge in [0.15, 0.2) is 0 Å². The molecule has 0 unspecified atom stereocenters. The highest BCUT2D eigenvalue weighted by atomic mass is 35.5. The van der Waals surface area contributed by atoms with Crippen molar-refractivity contribution in [3.05, 3.63) is 17.8 Å². The lowest BCUT2D eigenvalue weighted by molar-refractivity contribution is 0.384. The number of hydrogen-bond acceptors (Lipinski definition) is 2. The Hall–Kier alpha value is -0.210. The first-order chi connectivity index (χ1) is 3.30. The molecule has 0 saturated heterocycles. The van der Waals surface area contributed by atoms with Crippen LogP contribution in [0.4, 0.5) is 0 Å². The molecule has 0 aromatic carbocycles. The zero-order valence-electron chi connectivity index (χ0n) is 3.98. The molecule has 7 heavy (non-hydrogen) atoms. The van der Waals surface area contributed by atoms with Crippen molar-refractivity contribution in [1.82, 2.24) is 10.4 Å². The molecule has 1 radical (unpaired) electrons. The quantitative estimate of drug-likeness (QED) is 0.470. The Labute approximate surface area is 47.7 Å². The third-order valence-corrected chi connectivity index (χ3v) is 1.19. The highest BCUT2D eigenvalue weighted by molar-refractivity contribution is 6.29. The van der Waals surface area contributed by atoms with Crippen LogP contribution in [0.25, 0.3) is 0 Å². The lowest BCUT2D eigenvalue weighted by Gasteiger charge is -2.08. The molecule has 3 heteroatoms. The number of halogens is 1. The maximum Gasteiger partial charge on any atom is 0.116 e. The van der Waals surface area contributed by atoms with Crippen LogP contribution in [0, 0.1) is 6.54 Å². The molecule has 0 fully saturated rings. The van der Waals surface area contributed by atoms with Crippen molar-refractivity contribution in [3.63, 3.8) is 0 Å². The summed E-state index contributed by atoms with van der Waals surface area (Å²) in [5, 5.41) is 2.45. The SMILES string of the molecule is CN1N[CH]C=C1Cl. The molecular formula is C4H6ClN2. The van der Waals surface area contributed by atoms with E-state index in [-0.39, 0.29) is 0 Å². The second-order valence-corrected chi connectivity index (χ2v) is 1.73. The first-order valence-corrected chi connectivity index (χ1v) is 2.37. The van der Waals surface area contributed by atoms with Gasteiger partial charge in [-0.05, 0) is 6.08 Å². The van der Waals surface area contributed by atoms with Crippen molar-refractivity contribution in [2.45, 2.75) is 0 Å². The van der Waals surface area contributed by atoms with Gasteiger partial charge in [0.2, 0.25) is 0 Å². The fourth-order valence-electron chi connectivity index (χ4n) is 0.391. The molecule has 0 aromatic heterocycles. The topological polar surface area (TPSA) is 15.3 Å². The average Bonchev–Trinajstić information content (AvgIpc) is 1.91. The monoisotopic (exact) mass is 117 g/mol. The van der Waals surface area contributed by atoms with Crippen LogP contribution in [0.2, 0.25) is 0 Å². The zero-order chi connectivity index (χ0) is 5.28. The van der Waals surface area contributed by atoms with Crippen LogP contribution >= 0.6 is 11.6 Å². The summed E-state index contributed by atoms with van der Waals surface area (Å²) in [4.78, 5) is 0. The van der Waals surface area contributed by atoms with Crippen LogP contribution in [0.3, 0.4) is 0 Å². The van der Waals surface area contributed by atoms with Crippen molar-refractivity contribution < 1.29 is 0 Å². The third-order valence-electron chi connectivity index (χ3n) is 0.809. The Morgan fingerprint density at radius 3 is 2.71 bits per heavy atom. The highest BCUT2D eigenvalue weighted by Gasteiger charge is 2.04. The summed E-state index contributed by atoms with van der Waals surface area (Å²) in [6, 6.07) is 0. The Kier molecular flexibility index (Phi) is 1.21. The smallest absolute Gasteiger partial charge is 0.116 e. The van der Waals surface area contributed by atoms with Crippen LogP contribution in [0.15, 0.2) is 11.2 Å². The van der Waals surface area contributed by atoms with Crippen molar-refractivity contribution in [2.24, 2.45) is 0 Å². The first-order valence-electron chi connectivity index (χ1n) is 1.99. The molecular weight excluding hydrogens is 112 g/mol. The molecule has 1 aliphatic heterocycles. The van der Waals surface area contributed by atoms with E-state index in [1.807, 2.05) is 7.05 Å². The summed E-state index contributed by atoms with van der Waals surface area (Å²) in [5.41, 5.74) is 2.85. The second-order valence-electron chi connectivity index (χ2n) is 1.34. The van der Waals surface area contributed by atoms with E-state index in [2.05, 4.69) is 5.43 Å². The van der Waals surface area contributed by atoms with Crippen LogP contribution in [0.1, 0.15) is 0 Å². The molecule has 0 atom stereocenters. The minimum absolute atomic E-state index is 0.722. The molecule has 0 saturated carbocycles. The van der Waals surface area contributed by atoms with Crippen molar-refractivity contribution in [3.8, 4) is 0 Å².